The van der Waals surface area contributed by atoms with Crippen LogP contribution in [0.1, 0.15) is 169 Å². The van der Waals surface area contributed by atoms with Crippen molar-refractivity contribution in [2.75, 3.05) is 19.8 Å². The van der Waals surface area contributed by atoms with Gasteiger partial charge in [-0.3, -0.25) is 14.4 Å². The third-order valence-corrected chi connectivity index (χ3v) is 7.66. The molecule has 0 saturated heterocycles. The first-order valence-electron chi connectivity index (χ1n) is 17.0. The van der Waals surface area contributed by atoms with Gasteiger partial charge in [-0.2, -0.15) is 0 Å². The van der Waals surface area contributed by atoms with Gasteiger partial charge in [0.1, 0.15) is 0 Å². The lowest BCUT2D eigenvalue weighted by molar-refractivity contribution is -0.164. The Morgan fingerprint density at radius 3 is 1.18 bits per heavy atom. The van der Waals surface area contributed by atoms with Crippen molar-refractivity contribution in [2.24, 2.45) is 11.8 Å². The van der Waals surface area contributed by atoms with Crippen molar-refractivity contribution in [1.29, 1.82) is 0 Å². The summed E-state index contributed by atoms with van der Waals surface area (Å²) in [5.41, 5.74) is 0. The fourth-order valence-electron chi connectivity index (χ4n) is 4.81. The number of carbonyl (C=O) groups is 3. The van der Waals surface area contributed by atoms with Crippen LogP contribution in [0.15, 0.2) is 0 Å². The molecular weight excluding hydrogens is 504 g/mol. The van der Waals surface area contributed by atoms with Crippen LogP contribution in [0.5, 0.6) is 0 Å². The van der Waals surface area contributed by atoms with E-state index in [0.717, 1.165) is 57.8 Å². The average Bonchev–Trinajstić information content (AvgIpc) is 2.95. The van der Waals surface area contributed by atoms with E-state index >= 15 is 0 Å². The Morgan fingerprint density at radius 2 is 0.775 bits per heavy atom. The van der Waals surface area contributed by atoms with Crippen LogP contribution in [0.25, 0.3) is 0 Å². The van der Waals surface area contributed by atoms with E-state index in [2.05, 4.69) is 20.8 Å². The summed E-state index contributed by atoms with van der Waals surface area (Å²) in [7, 11) is 0. The molecule has 0 amide bonds. The summed E-state index contributed by atoms with van der Waals surface area (Å²) >= 11 is 0. The second kappa shape index (κ2) is 28.9. The van der Waals surface area contributed by atoms with Gasteiger partial charge in [0.05, 0.1) is 38.1 Å². The minimum Gasteiger partial charge on any atom is -0.466 e. The van der Waals surface area contributed by atoms with Gasteiger partial charge in [0.2, 0.25) is 0 Å². The van der Waals surface area contributed by atoms with Gasteiger partial charge in [0, 0.05) is 0 Å². The van der Waals surface area contributed by atoms with E-state index < -0.39 is 29.7 Å². The monoisotopic (exact) mass is 568 g/mol. The third-order valence-electron chi connectivity index (χ3n) is 7.66. The molecule has 6 nitrogen and oxygen atoms in total. The molecule has 0 heterocycles. The number of rotatable bonds is 29. The molecule has 0 aliphatic carbocycles. The number of esters is 3. The summed E-state index contributed by atoms with van der Waals surface area (Å²) in [6.45, 7) is 9.29. The summed E-state index contributed by atoms with van der Waals surface area (Å²) in [5.74, 6) is -3.02. The molecule has 0 bridgehead atoms. The molecule has 0 spiro atoms. The molecule has 0 aromatic heterocycles. The van der Waals surface area contributed by atoms with Crippen LogP contribution in [0.2, 0.25) is 0 Å². The molecule has 0 aromatic carbocycles. The van der Waals surface area contributed by atoms with Gasteiger partial charge < -0.3 is 14.2 Å². The van der Waals surface area contributed by atoms with Crippen LogP contribution in [-0.4, -0.2) is 37.7 Å². The Hall–Kier alpha value is -1.59. The van der Waals surface area contributed by atoms with Crippen LogP contribution in [-0.2, 0) is 28.6 Å². The zero-order valence-electron chi connectivity index (χ0n) is 26.8. The molecule has 236 valence electrons. The van der Waals surface area contributed by atoms with Crippen molar-refractivity contribution < 1.29 is 28.6 Å². The van der Waals surface area contributed by atoms with Gasteiger partial charge in [-0.15, -0.1) is 0 Å². The van der Waals surface area contributed by atoms with E-state index in [-0.39, 0.29) is 6.42 Å². The zero-order valence-corrected chi connectivity index (χ0v) is 26.8. The molecule has 0 N–H and O–H groups in total. The molecule has 0 radical (unpaired) electrons. The number of ether oxygens (including phenoxy) is 3. The van der Waals surface area contributed by atoms with Crippen LogP contribution in [0.4, 0.5) is 0 Å². The summed E-state index contributed by atoms with van der Waals surface area (Å²) in [6, 6.07) is 0. The number of carbonyl (C=O) groups excluding carboxylic acids is 3. The fraction of sp³-hybridized carbons (Fsp3) is 0.912. The molecule has 2 unspecified atom stereocenters. The molecule has 0 fully saturated rings. The van der Waals surface area contributed by atoms with E-state index in [1.165, 1.54) is 77.0 Å². The van der Waals surface area contributed by atoms with E-state index in [1.807, 2.05) is 0 Å². The normalized spacial score (nSPS) is 12.6. The van der Waals surface area contributed by atoms with Crippen LogP contribution in [0, 0.1) is 11.8 Å². The van der Waals surface area contributed by atoms with Crippen LogP contribution < -0.4 is 0 Å². The first-order valence-corrected chi connectivity index (χ1v) is 17.0. The molecule has 0 saturated carbocycles. The van der Waals surface area contributed by atoms with Crippen molar-refractivity contribution in [3.63, 3.8) is 0 Å². The smallest absolute Gasteiger partial charge is 0.310 e. The highest BCUT2D eigenvalue weighted by atomic mass is 16.5. The highest BCUT2D eigenvalue weighted by Crippen LogP contribution is 2.21. The lowest BCUT2D eigenvalue weighted by Crippen LogP contribution is -2.33. The topological polar surface area (TPSA) is 78.9 Å². The molecule has 0 rings (SSSR count). The Balaban J connectivity index is 4.60. The Labute approximate surface area is 247 Å². The largest absolute Gasteiger partial charge is 0.466 e. The standard InChI is InChI=1S/C34H64O6/c1-5-8-11-14-17-20-23-26-38-32(35)29-31(34(37)40-28-25-22-19-16-13-10-7-3)30(4)33(36)39-27-24-21-18-15-12-9-6-2/h30-31H,5-29H2,1-4H3. The minimum absolute atomic E-state index is 0.153. The van der Waals surface area contributed by atoms with E-state index in [0.29, 0.717) is 19.8 Å². The van der Waals surface area contributed by atoms with Crippen LogP contribution >= 0.6 is 0 Å². The summed E-state index contributed by atoms with van der Waals surface area (Å²) < 4.78 is 16.4. The number of hydrogen-bond acceptors (Lipinski definition) is 6. The second-order valence-electron chi connectivity index (χ2n) is 11.5. The average molecular weight is 569 g/mol. The fourth-order valence-corrected chi connectivity index (χ4v) is 4.81. The maximum Gasteiger partial charge on any atom is 0.310 e. The third kappa shape index (κ3) is 23.1. The van der Waals surface area contributed by atoms with E-state index in [1.54, 1.807) is 6.92 Å². The number of unbranched alkanes of at least 4 members (excludes halogenated alkanes) is 18. The highest BCUT2D eigenvalue weighted by Gasteiger charge is 2.35. The maximum absolute atomic E-state index is 13.0. The molecular formula is C34H64O6. The molecule has 0 aliphatic rings. The van der Waals surface area contributed by atoms with Crippen molar-refractivity contribution in [3.05, 3.63) is 0 Å². The van der Waals surface area contributed by atoms with Gasteiger partial charge >= 0.3 is 17.9 Å². The van der Waals surface area contributed by atoms with E-state index in [4.69, 9.17) is 14.2 Å². The van der Waals surface area contributed by atoms with Gasteiger partial charge in [-0.1, -0.05) is 143 Å². The van der Waals surface area contributed by atoms with Crippen molar-refractivity contribution >= 4 is 17.9 Å². The zero-order chi connectivity index (χ0) is 29.7. The first kappa shape index (κ1) is 38.4. The molecule has 0 aromatic rings. The quantitative estimate of drug-likeness (QED) is 0.0508. The minimum atomic E-state index is -0.882. The van der Waals surface area contributed by atoms with Gasteiger partial charge in [-0.25, -0.2) is 0 Å². The predicted octanol–water partition coefficient (Wildman–Crippen LogP) is 9.51. The highest BCUT2D eigenvalue weighted by molar-refractivity contribution is 5.85. The Kier molecular flexibility index (Phi) is 27.8. The Bertz CT molecular complexity index is 605. The summed E-state index contributed by atoms with van der Waals surface area (Å²) in [5, 5.41) is 0. The van der Waals surface area contributed by atoms with Gasteiger partial charge in [-0.05, 0) is 19.3 Å². The first-order chi connectivity index (χ1) is 19.5. The number of hydrogen-bond donors (Lipinski definition) is 0. The maximum atomic E-state index is 13.0. The molecule has 6 heteroatoms. The van der Waals surface area contributed by atoms with Gasteiger partial charge in [0.15, 0.2) is 0 Å². The molecule has 2 atom stereocenters. The molecule has 40 heavy (non-hydrogen) atoms. The van der Waals surface area contributed by atoms with Crippen molar-refractivity contribution in [3.8, 4) is 0 Å². The molecule has 0 aliphatic heterocycles. The van der Waals surface area contributed by atoms with Gasteiger partial charge in [0.25, 0.3) is 0 Å². The second-order valence-corrected chi connectivity index (χ2v) is 11.5. The lowest BCUT2D eigenvalue weighted by atomic mass is 9.91. The predicted molar refractivity (Wildman–Crippen MR) is 164 cm³/mol. The summed E-state index contributed by atoms with van der Waals surface area (Å²) in [6.07, 6.45) is 23.6. The van der Waals surface area contributed by atoms with Crippen molar-refractivity contribution in [1.82, 2.24) is 0 Å². The Morgan fingerprint density at radius 1 is 0.450 bits per heavy atom. The van der Waals surface area contributed by atoms with Crippen molar-refractivity contribution in [2.45, 2.75) is 169 Å². The van der Waals surface area contributed by atoms with E-state index in [9.17, 15) is 14.4 Å². The SMILES string of the molecule is CCCCCCCCCOC(=O)CC(C(=O)OCCCCCCCCC)C(C)C(=O)OCCCCCCCCC. The van der Waals surface area contributed by atoms with Crippen LogP contribution in [0.3, 0.4) is 0 Å². The summed E-state index contributed by atoms with van der Waals surface area (Å²) in [4.78, 5) is 38.3. The lowest BCUT2D eigenvalue weighted by Gasteiger charge is -2.21.